The summed E-state index contributed by atoms with van der Waals surface area (Å²) in [6.07, 6.45) is -1.83. The third kappa shape index (κ3) is 70.2. The molecule has 0 aliphatic rings. The van der Waals surface area contributed by atoms with E-state index in [1.54, 1.807) is 0 Å². The van der Waals surface area contributed by atoms with Crippen LogP contribution in [-0.2, 0) is 4.74 Å². The molecule has 0 saturated heterocycles. The van der Waals surface area contributed by atoms with Gasteiger partial charge in [0.2, 0.25) is 0 Å². The molecule has 60 valence electrons. The van der Waals surface area contributed by atoms with E-state index >= 15 is 0 Å². The van der Waals surface area contributed by atoms with E-state index in [4.69, 9.17) is 19.7 Å². The molecule has 0 atom stereocenters. The second-order valence-corrected chi connectivity index (χ2v) is 1.42. The van der Waals surface area contributed by atoms with Crippen molar-refractivity contribution in [3.63, 3.8) is 0 Å². The number of ether oxygens (including phenoxy) is 1. The highest BCUT2D eigenvalue weighted by atomic mass is 16.6. The van der Waals surface area contributed by atoms with Gasteiger partial charge >= 0.3 is 6.16 Å². The number of carbonyl (C=O) groups is 1. The zero-order valence-electron chi connectivity index (χ0n) is 6.13. The minimum absolute atomic E-state index is 0.731. The average Bonchev–Trinajstić information content (AvgIpc) is 1.62. The first-order chi connectivity index (χ1) is 4.50. The molecule has 0 fully saturated rings. The molecule has 0 aromatic rings. The lowest BCUT2D eigenvalue weighted by atomic mass is 10.6. The topological polar surface area (TPSA) is 66.8 Å². The predicted molar refractivity (Wildman–Crippen MR) is 37.1 cm³/mol. The highest BCUT2D eigenvalue weighted by molar-refractivity contribution is 5.53. The van der Waals surface area contributed by atoms with Crippen LogP contribution in [-0.4, -0.2) is 23.0 Å². The maximum absolute atomic E-state index is 8.56. The third-order valence-electron chi connectivity index (χ3n) is 0.391. The van der Waals surface area contributed by atoms with Gasteiger partial charge in [0.25, 0.3) is 0 Å². The van der Waals surface area contributed by atoms with Gasteiger partial charge in [0.1, 0.15) is 0 Å². The molecule has 0 heterocycles. The summed E-state index contributed by atoms with van der Waals surface area (Å²) >= 11 is 0. The Kier molecular flexibility index (Phi) is 9.05. The molecule has 0 amide bonds. The maximum Gasteiger partial charge on any atom is 0.503 e. The first-order valence-corrected chi connectivity index (χ1v) is 2.70. The van der Waals surface area contributed by atoms with E-state index in [-0.39, 0.29) is 0 Å². The highest BCUT2D eigenvalue weighted by Gasteiger charge is 1.73. The van der Waals surface area contributed by atoms with Crippen LogP contribution in [0.4, 0.5) is 4.79 Å². The smallest absolute Gasteiger partial charge is 0.499 e. The van der Waals surface area contributed by atoms with Gasteiger partial charge in [-0.15, -0.1) is 0 Å². The lowest BCUT2D eigenvalue weighted by Gasteiger charge is -1.95. The van der Waals surface area contributed by atoms with Gasteiger partial charge in [-0.1, -0.05) is 6.58 Å². The van der Waals surface area contributed by atoms with Gasteiger partial charge in [-0.3, -0.25) is 0 Å². The first kappa shape index (κ1) is 11.6. The van der Waals surface area contributed by atoms with Crippen molar-refractivity contribution >= 4 is 6.16 Å². The summed E-state index contributed by atoms with van der Waals surface area (Å²) in [5.74, 6) is 0.789. The summed E-state index contributed by atoms with van der Waals surface area (Å²) in [6, 6.07) is 0. The fourth-order valence-corrected chi connectivity index (χ4v) is 0.246. The molecule has 0 aromatic carbocycles. The molecule has 4 heteroatoms. The molecule has 0 aromatic heterocycles. The molecule has 10 heavy (non-hydrogen) atoms. The molecule has 0 radical (unpaired) electrons. The van der Waals surface area contributed by atoms with Crippen LogP contribution in [0.5, 0.6) is 0 Å². The molecule has 0 bridgehead atoms. The van der Waals surface area contributed by atoms with Crippen LogP contribution in [0.1, 0.15) is 13.8 Å². The van der Waals surface area contributed by atoms with Crippen molar-refractivity contribution in [1.29, 1.82) is 0 Å². The second kappa shape index (κ2) is 7.81. The summed E-state index contributed by atoms with van der Waals surface area (Å²) < 4.78 is 4.85. The van der Waals surface area contributed by atoms with Crippen molar-refractivity contribution in [3.05, 3.63) is 12.3 Å². The molecule has 0 unspecified atom stereocenters. The maximum atomic E-state index is 8.56. The summed E-state index contributed by atoms with van der Waals surface area (Å²) in [4.78, 5) is 8.56. The molecule has 4 nitrogen and oxygen atoms in total. The molecular weight excluding hydrogens is 136 g/mol. The van der Waals surface area contributed by atoms with Gasteiger partial charge < -0.3 is 14.9 Å². The van der Waals surface area contributed by atoms with Gasteiger partial charge in [-0.05, 0) is 13.8 Å². The second-order valence-electron chi connectivity index (χ2n) is 1.42. The van der Waals surface area contributed by atoms with Crippen LogP contribution in [0.25, 0.3) is 0 Å². The van der Waals surface area contributed by atoms with Crippen LogP contribution in [0.15, 0.2) is 12.3 Å². The lowest BCUT2D eigenvalue weighted by Crippen LogP contribution is -1.81. The van der Waals surface area contributed by atoms with E-state index in [0.29, 0.717) is 0 Å². The van der Waals surface area contributed by atoms with Crippen LogP contribution in [0, 0.1) is 0 Å². The van der Waals surface area contributed by atoms with E-state index in [9.17, 15) is 0 Å². The van der Waals surface area contributed by atoms with Crippen molar-refractivity contribution in [3.8, 4) is 0 Å². The molecule has 0 saturated carbocycles. The van der Waals surface area contributed by atoms with Gasteiger partial charge in [-0.2, -0.15) is 0 Å². The Morgan fingerprint density at radius 3 is 1.90 bits per heavy atom. The first-order valence-electron chi connectivity index (χ1n) is 2.70. The number of hydrogen-bond acceptors (Lipinski definition) is 2. The van der Waals surface area contributed by atoms with Crippen LogP contribution >= 0.6 is 0 Å². The van der Waals surface area contributed by atoms with Crippen molar-refractivity contribution in [1.82, 2.24) is 0 Å². The molecular formula is C6H12O4. The molecule has 2 N–H and O–H groups in total. The van der Waals surface area contributed by atoms with Crippen LogP contribution < -0.4 is 0 Å². The van der Waals surface area contributed by atoms with E-state index in [2.05, 4.69) is 6.58 Å². The van der Waals surface area contributed by atoms with E-state index in [0.717, 1.165) is 12.4 Å². The van der Waals surface area contributed by atoms with Crippen molar-refractivity contribution in [2.24, 2.45) is 0 Å². The Labute approximate surface area is 59.7 Å². The monoisotopic (exact) mass is 148 g/mol. The van der Waals surface area contributed by atoms with Crippen LogP contribution in [0.3, 0.4) is 0 Å². The Morgan fingerprint density at radius 2 is 1.90 bits per heavy atom. The molecule has 0 aliphatic heterocycles. The minimum atomic E-state index is -1.83. The zero-order valence-corrected chi connectivity index (χ0v) is 6.13. The molecule has 0 spiro atoms. The largest absolute Gasteiger partial charge is 0.503 e. The predicted octanol–water partition coefficient (Wildman–Crippen LogP) is 1.78. The summed E-state index contributed by atoms with van der Waals surface area (Å²) in [5.41, 5.74) is 0. The fraction of sp³-hybridized carbons (Fsp3) is 0.500. The van der Waals surface area contributed by atoms with Crippen molar-refractivity contribution in [2.75, 3.05) is 6.61 Å². The number of carboxylic acid groups (broad SMARTS) is 2. The van der Waals surface area contributed by atoms with E-state index in [1.165, 1.54) is 0 Å². The standard InChI is InChI=1S/C5H10O.CH2O3/c1-4-6-5(2)3;2-1(3)4/h2,4H2,1,3H3;(H2,2,3,4). The fourth-order valence-electron chi connectivity index (χ4n) is 0.246. The van der Waals surface area contributed by atoms with E-state index in [1.807, 2.05) is 13.8 Å². The Morgan fingerprint density at radius 1 is 1.60 bits per heavy atom. The molecule has 0 rings (SSSR count). The zero-order chi connectivity index (χ0) is 8.57. The Balaban J connectivity index is 0. The summed E-state index contributed by atoms with van der Waals surface area (Å²) in [7, 11) is 0. The quantitative estimate of drug-likeness (QED) is 0.586. The van der Waals surface area contributed by atoms with Crippen molar-refractivity contribution in [2.45, 2.75) is 13.8 Å². The van der Waals surface area contributed by atoms with Gasteiger partial charge in [0.15, 0.2) is 0 Å². The summed E-state index contributed by atoms with van der Waals surface area (Å²) in [6.45, 7) is 8.03. The number of allylic oxidation sites excluding steroid dienone is 1. The number of rotatable bonds is 2. The third-order valence-corrected chi connectivity index (χ3v) is 0.391. The van der Waals surface area contributed by atoms with Crippen LogP contribution in [0.2, 0.25) is 0 Å². The highest BCUT2D eigenvalue weighted by Crippen LogP contribution is 1.85. The van der Waals surface area contributed by atoms with Gasteiger partial charge in [0, 0.05) is 0 Å². The Bertz CT molecular complexity index is 104. The lowest BCUT2D eigenvalue weighted by molar-refractivity contribution is 0.137. The minimum Gasteiger partial charge on any atom is -0.499 e. The SMILES string of the molecule is C=C(C)OCC.O=C(O)O. The van der Waals surface area contributed by atoms with Crippen molar-refractivity contribution < 1.29 is 19.7 Å². The Hall–Kier alpha value is -1.19. The average molecular weight is 148 g/mol. The summed E-state index contributed by atoms with van der Waals surface area (Å²) in [5, 5.41) is 13.9. The van der Waals surface area contributed by atoms with Gasteiger partial charge in [0.05, 0.1) is 12.4 Å². The number of hydrogen-bond donors (Lipinski definition) is 2. The van der Waals surface area contributed by atoms with E-state index < -0.39 is 6.16 Å². The normalized spacial score (nSPS) is 7.00. The molecule has 0 aliphatic carbocycles. The van der Waals surface area contributed by atoms with Gasteiger partial charge in [-0.25, -0.2) is 4.79 Å².